The number of carbonyl (C=O) groups excluding carboxylic acids is 3. The van der Waals surface area contributed by atoms with Crippen molar-refractivity contribution in [3.05, 3.63) is 63.7 Å². The lowest BCUT2D eigenvalue weighted by Crippen LogP contribution is -2.37. The first-order chi connectivity index (χ1) is 13.7. The summed E-state index contributed by atoms with van der Waals surface area (Å²) in [4.78, 5) is 38.0. The van der Waals surface area contributed by atoms with Crippen molar-refractivity contribution in [2.75, 3.05) is 25.5 Å². The molecular formula is C22H26ClN3O3. The van der Waals surface area contributed by atoms with Gasteiger partial charge in [-0.15, -0.1) is 0 Å². The molecule has 0 spiro atoms. The van der Waals surface area contributed by atoms with Gasteiger partial charge in [-0.25, -0.2) is 0 Å². The van der Waals surface area contributed by atoms with Crippen molar-refractivity contribution in [2.45, 2.75) is 27.2 Å². The Labute approximate surface area is 176 Å². The third-order valence-electron chi connectivity index (χ3n) is 4.49. The van der Waals surface area contributed by atoms with Crippen molar-refractivity contribution in [1.29, 1.82) is 0 Å². The summed E-state index contributed by atoms with van der Waals surface area (Å²) < 4.78 is 0. The van der Waals surface area contributed by atoms with Gasteiger partial charge in [0.25, 0.3) is 5.91 Å². The number of benzene rings is 2. The lowest BCUT2D eigenvalue weighted by Gasteiger charge is -2.18. The maximum Gasteiger partial charge on any atom is 0.252 e. The van der Waals surface area contributed by atoms with Gasteiger partial charge >= 0.3 is 0 Å². The zero-order valence-corrected chi connectivity index (χ0v) is 17.9. The Morgan fingerprint density at radius 1 is 1.03 bits per heavy atom. The average molecular weight is 416 g/mol. The first kappa shape index (κ1) is 22.4. The van der Waals surface area contributed by atoms with Gasteiger partial charge in [0.1, 0.15) is 0 Å². The van der Waals surface area contributed by atoms with Crippen molar-refractivity contribution in [1.82, 2.24) is 10.2 Å². The second-order valence-corrected chi connectivity index (χ2v) is 7.46. The number of hydrogen-bond acceptors (Lipinski definition) is 3. The van der Waals surface area contributed by atoms with Gasteiger partial charge in [-0.2, -0.15) is 0 Å². The van der Waals surface area contributed by atoms with Crippen LogP contribution in [0.4, 0.5) is 5.69 Å². The Balaban J connectivity index is 1.82. The van der Waals surface area contributed by atoms with E-state index in [1.165, 1.54) is 4.90 Å². The molecule has 3 amide bonds. The van der Waals surface area contributed by atoms with Crippen LogP contribution in [0.5, 0.6) is 0 Å². The second kappa shape index (κ2) is 10.1. The fourth-order valence-corrected chi connectivity index (χ4v) is 3.30. The standard InChI is InChI=1S/C22H26ClN3O3/c1-14-11-15(2)21(16(3)12-14)25-19(27)13-26(4)20(28)9-10-24-22(29)17-7-5-6-8-18(17)23/h5-8,11-12H,9-10,13H2,1-4H3,(H,24,29)(H,25,27). The molecule has 6 nitrogen and oxygen atoms in total. The van der Waals surface area contributed by atoms with Crippen LogP contribution in [0.1, 0.15) is 33.5 Å². The van der Waals surface area contributed by atoms with Gasteiger partial charge in [0.15, 0.2) is 0 Å². The minimum atomic E-state index is -0.339. The van der Waals surface area contributed by atoms with E-state index in [-0.39, 0.29) is 37.2 Å². The SMILES string of the molecule is Cc1cc(C)c(NC(=O)CN(C)C(=O)CCNC(=O)c2ccccc2Cl)c(C)c1. The van der Waals surface area contributed by atoms with E-state index in [1.807, 2.05) is 32.9 Å². The molecule has 0 radical (unpaired) electrons. The molecule has 29 heavy (non-hydrogen) atoms. The maximum atomic E-state index is 12.3. The van der Waals surface area contributed by atoms with Crippen LogP contribution in [0.3, 0.4) is 0 Å². The van der Waals surface area contributed by atoms with Crippen LogP contribution in [0.25, 0.3) is 0 Å². The Bertz CT molecular complexity index is 904. The Hall–Kier alpha value is -2.86. The van der Waals surface area contributed by atoms with E-state index in [4.69, 9.17) is 11.6 Å². The summed E-state index contributed by atoms with van der Waals surface area (Å²) in [5.41, 5.74) is 4.22. The molecule has 0 heterocycles. The van der Waals surface area contributed by atoms with Gasteiger partial charge in [0.05, 0.1) is 17.1 Å². The van der Waals surface area contributed by atoms with Crippen LogP contribution in [0.2, 0.25) is 5.02 Å². The molecule has 2 rings (SSSR count). The van der Waals surface area contributed by atoms with E-state index >= 15 is 0 Å². The van der Waals surface area contributed by atoms with E-state index in [0.717, 1.165) is 22.4 Å². The van der Waals surface area contributed by atoms with Crippen molar-refractivity contribution >= 4 is 35.0 Å². The van der Waals surface area contributed by atoms with E-state index in [1.54, 1.807) is 31.3 Å². The molecule has 0 fully saturated rings. The van der Waals surface area contributed by atoms with Crippen molar-refractivity contribution in [3.63, 3.8) is 0 Å². The summed E-state index contributed by atoms with van der Waals surface area (Å²) in [6, 6.07) is 10.7. The first-order valence-corrected chi connectivity index (χ1v) is 9.71. The number of hydrogen-bond donors (Lipinski definition) is 2. The summed E-state index contributed by atoms with van der Waals surface area (Å²) in [6.45, 7) is 5.97. The van der Waals surface area contributed by atoms with Crippen LogP contribution in [-0.2, 0) is 9.59 Å². The molecule has 0 bridgehead atoms. The highest BCUT2D eigenvalue weighted by Crippen LogP contribution is 2.21. The van der Waals surface area contributed by atoms with E-state index < -0.39 is 0 Å². The summed E-state index contributed by atoms with van der Waals surface area (Å²) in [5.74, 6) is -0.845. The lowest BCUT2D eigenvalue weighted by molar-refractivity contribution is -0.133. The molecule has 0 aromatic heterocycles. The number of likely N-dealkylation sites (N-methyl/N-ethyl adjacent to an activating group) is 1. The zero-order valence-electron chi connectivity index (χ0n) is 17.1. The van der Waals surface area contributed by atoms with Gasteiger partial charge in [0.2, 0.25) is 11.8 Å². The number of anilines is 1. The van der Waals surface area contributed by atoms with Crippen molar-refractivity contribution < 1.29 is 14.4 Å². The minimum absolute atomic E-state index is 0.0654. The van der Waals surface area contributed by atoms with Crippen LogP contribution in [0.15, 0.2) is 36.4 Å². The van der Waals surface area contributed by atoms with Crippen molar-refractivity contribution in [3.8, 4) is 0 Å². The van der Waals surface area contributed by atoms with Gasteiger partial charge in [0, 0.05) is 25.7 Å². The fraction of sp³-hybridized carbons (Fsp3) is 0.318. The highest BCUT2D eigenvalue weighted by molar-refractivity contribution is 6.33. The molecule has 0 aliphatic heterocycles. The van der Waals surface area contributed by atoms with Crippen LogP contribution in [0, 0.1) is 20.8 Å². The molecule has 7 heteroatoms. The molecule has 2 N–H and O–H groups in total. The van der Waals surface area contributed by atoms with Gasteiger partial charge in [-0.1, -0.05) is 41.4 Å². The van der Waals surface area contributed by atoms with E-state index in [2.05, 4.69) is 10.6 Å². The summed E-state index contributed by atoms with van der Waals surface area (Å²) in [7, 11) is 1.56. The number of carbonyl (C=O) groups is 3. The quantitative estimate of drug-likeness (QED) is 0.726. The van der Waals surface area contributed by atoms with E-state index in [9.17, 15) is 14.4 Å². The molecule has 0 aliphatic rings. The number of nitrogens with one attached hydrogen (secondary N) is 2. The van der Waals surface area contributed by atoms with Crippen LogP contribution >= 0.6 is 11.6 Å². The molecule has 2 aromatic carbocycles. The van der Waals surface area contributed by atoms with Crippen LogP contribution < -0.4 is 10.6 Å². The highest BCUT2D eigenvalue weighted by Gasteiger charge is 2.15. The molecule has 0 aliphatic carbocycles. The first-order valence-electron chi connectivity index (χ1n) is 9.33. The monoisotopic (exact) mass is 415 g/mol. The molecule has 0 saturated heterocycles. The number of amides is 3. The van der Waals surface area contributed by atoms with Gasteiger partial charge in [-0.3, -0.25) is 14.4 Å². The molecular weight excluding hydrogens is 390 g/mol. The third-order valence-corrected chi connectivity index (χ3v) is 4.82. The Morgan fingerprint density at radius 2 is 1.66 bits per heavy atom. The summed E-state index contributed by atoms with van der Waals surface area (Å²) >= 11 is 5.99. The average Bonchev–Trinajstić information content (AvgIpc) is 2.64. The molecule has 154 valence electrons. The minimum Gasteiger partial charge on any atom is -0.351 e. The summed E-state index contributed by atoms with van der Waals surface area (Å²) in [6.07, 6.45) is 0.0859. The number of nitrogens with zero attached hydrogens (tertiary/aromatic N) is 1. The number of rotatable bonds is 7. The Morgan fingerprint density at radius 3 is 2.28 bits per heavy atom. The van der Waals surface area contributed by atoms with E-state index in [0.29, 0.717) is 10.6 Å². The van der Waals surface area contributed by atoms with Crippen LogP contribution in [-0.4, -0.2) is 42.8 Å². The van der Waals surface area contributed by atoms with Gasteiger partial charge < -0.3 is 15.5 Å². The molecule has 0 saturated carbocycles. The predicted molar refractivity (Wildman–Crippen MR) is 115 cm³/mol. The molecule has 0 atom stereocenters. The number of aryl methyl sites for hydroxylation is 3. The zero-order chi connectivity index (χ0) is 21.6. The van der Waals surface area contributed by atoms with Gasteiger partial charge in [-0.05, 0) is 44.0 Å². The maximum absolute atomic E-state index is 12.3. The Kier molecular flexibility index (Phi) is 7.79. The molecule has 0 unspecified atom stereocenters. The smallest absolute Gasteiger partial charge is 0.252 e. The van der Waals surface area contributed by atoms with Crippen molar-refractivity contribution in [2.24, 2.45) is 0 Å². The largest absolute Gasteiger partial charge is 0.351 e. The summed E-state index contributed by atoms with van der Waals surface area (Å²) in [5, 5.41) is 5.90. The highest BCUT2D eigenvalue weighted by atomic mass is 35.5. The fourth-order valence-electron chi connectivity index (χ4n) is 3.07. The second-order valence-electron chi connectivity index (χ2n) is 7.06. The molecule has 2 aromatic rings. The normalized spacial score (nSPS) is 10.4. The third kappa shape index (κ3) is 6.32. The lowest BCUT2D eigenvalue weighted by atomic mass is 10.1. The predicted octanol–water partition coefficient (Wildman–Crippen LogP) is 3.48. The number of halogens is 1. The topological polar surface area (TPSA) is 78.5 Å².